The van der Waals surface area contributed by atoms with Crippen LogP contribution in [0.15, 0.2) is 30.6 Å². The van der Waals surface area contributed by atoms with Gasteiger partial charge in [-0.2, -0.15) is 5.26 Å². The van der Waals surface area contributed by atoms with Crippen molar-refractivity contribution in [2.45, 2.75) is 0 Å². The Morgan fingerprint density at radius 2 is 1.94 bits per heavy atom. The van der Waals surface area contributed by atoms with Crippen LogP contribution in [-0.2, 0) is 0 Å². The zero-order chi connectivity index (χ0) is 13.1. The van der Waals surface area contributed by atoms with E-state index in [0.717, 1.165) is 12.1 Å². The zero-order valence-electron chi connectivity index (χ0n) is 9.43. The average molecular weight is 246 g/mol. The van der Waals surface area contributed by atoms with Gasteiger partial charge in [0.25, 0.3) is 0 Å². The summed E-state index contributed by atoms with van der Waals surface area (Å²) in [6, 6.07) is 6.86. The molecule has 0 aliphatic heterocycles. The second kappa shape index (κ2) is 4.75. The van der Waals surface area contributed by atoms with Gasteiger partial charge >= 0.3 is 0 Å². The standard InChI is InChI=1S/C12H8F2N4/c1-18(9-2-3-10(13)11(14)5-9)12-4-8(6-15)16-7-17-12/h2-5,7H,1H3. The Morgan fingerprint density at radius 3 is 2.61 bits per heavy atom. The van der Waals surface area contributed by atoms with Crippen LogP contribution in [0.5, 0.6) is 0 Å². The summed E-state index contributed by atoms with van der Waals surface area (Å²) < 4.78 is 25.9. The molecular formula is C12H8F2N4. The van der Waals surface area contributed by atoms with Gasteiger partial charge in [-0.15, -0.1) is 0 Å². The first kappa shape index (κ1) is 11.9. The van der Waals surface area contributed by atoms with Crippen LogP contribution in [0.4, 0.5) is 20.3 Å². The Morgan fingerprint density at radius 1 is 1.17 bits per heavy atom. The van der Waals surface area contributed by atoms with Crippen molar-refractivity contribution in [2.24, 2.45) is 0 Å². The van der Waals surface area contributed by atoms with Crippen molar-refractivity contribution in [3.8, 4) is 6.07 Å². The van der Waals surface area contributed by atoms with Crippen molar-refractivity contribution in [1.82, 2.24) is 9.97 Å². The van der Waals surface area contributed by atoms with Gasteiger partial charge in [0.05, 0.1) is 0 Å². The molecule has 0 aliphatic carbocycles. The Hall–Kier alpha value is -2.55. The number of anilines is 2. The second-order valence-electron chi connectivity index (χ2n) is 3.53. The van der Waals surface area contributed by atoms with E-state index >= 15 is 0 Å². The number of aromatic nitrogens is 2. The Bertz CT molecular complexity index is 622. The largest absolute Gasteiger partial charge is 0.329 e. The maximum atomic E-state index is 13.1. The third-order valence-corrected chi connectivity index (χ3v) is 2.40. The van der Waals surface area contributed by atoms with E-state index in [2.05, 4.69) is 9.97 Å². The van der Waals surface area contributed by atoms with Gasteiger partial charge in [-0.3, -0.25) is 0 Å². The molecule has 0 radical (unpaired) electrons. The lowest BCUT2D eigenvalue weighted by molar-refractivity contribution is 0.509. The summed E-state index contributed by atoms with van der Waals surface area (Å²) in [7, 11) is 1.64. The fraction of sp³-hybridized carbons (Fsp3) is 0.0833. The van der Waals surface area contributed by atoms with Gasteiger partial charge in [-0.1, -0.05) is 0 Å². The van der Waals surface area contributed by atoms with Crippen molar-refractivity contribution in [1.29, 1.82) is 5.26 Å². The Labute approximate surface area is 102 Å². The number of hydrogen-bond donors (Lipinski definition) is 0. The smallest absolute Gasteiger partial charge is 0.160 e. The third kappa shape index (κ3) is 2.25. The average Bonchev–Trinajstić information content (AvgIpc) is 2.41. The third-order valence-electron chi connectivity index (χ3n) is 2.40. The van der Waals surface area contributed by atoms with Crippen LogP contribution in [0.3, 0.4) is 0 Å². The predicted octanol–water partition coefficient (Wildman–Crippen LogP) is 2.39. The number of hydrogen-bond acceptors (Lipinski definition) is 4. The topological polar surface area (TPSA) is 52.8 Å². The molecule has 2 aromatic rings. The van der Waals surface area contributed by atoms with Crippen LogP contribution < -0.4 is 4.90 Å². The van der Waals surface area contributed by atoms with Crippen molar-refractivity contribution >= 4 is 11.5 Å². The molecule has 0 spiro atoms. The lowest BCUT2D eigenvalue weighted by atomic mass is 10.2. The van der Waals surface area contributed by atoms with Crippen LogP contribution >= 0.6 is 0 Å². The molecule has 0 atom stereocenters. The molecule has 0 unspecified atom stereocenters. The van der Waals surface area contributed by atoms with E-state index in [0.29, 0.717) is 11.5 Å². The Balaban J connectivity index is 2.38. The predicted molar refractivity (Wildman–Crippen MR) is 61.2 cm³/mol. The molecule has 1 aromatic carbocycles. The lowest BCUT2D eigenvalue weighted by Gasteiger charge is -2.18. The molecule has 0 bridgehead atoms. The maximum Gasteiger partial charge on any atom is 0.160 e. The minimum atomic E-state index is -0.936. The molecule has 0 saturated heterocycles. The van der Waals surface area contributed by atoms with Crippen LogP contribution in [0.2, 0.25) is 0 Å². The molecule has 0 aliphatic rings. The molecule has 90 valence electrons. The second-order valence-corrected chi connectivity index (χ2v) is 3.53. The van der Waals surface area contributed by atoms with Crippen LogP contribution in [0, 0.1) is 23.0 Å². The van der Waals surface area contributed by atoms with Crippen molar-refractivity contribution in [2.75, 3.05) is 11.9 Å². The van der Waals surface area contributed by atoms with E-state index in [1.54, 1.807) is 7.05 Å². The Kier molecular flexibility index (Phi) is 3.15. The molecule has 0 amide bonds. The van der Waals surface area contributed by atoms with E-state index in [1.165, 1.54) is 23.4 Å². The molecule has 1 aromatic heterocycles. The lowest BCUT2D eigenvalue weighted by Crippen LogP contribution is -2.12. The summed E-state index contributed by atoms with van der Waals surface area (Å²) in [5.74, 6) is -1.42. The molecule has 0 fully saturated rings. The number of halogens is 2. The SMILES string of the molecule is CN(c1ccc(F)c(F)c1)c1cc(C#N)ncn1. The maximum absolute atomic E-state index is 13.1. The van der Waals surface area contributed by atoms with Gasteiger partial charge in [0.1, 0.15) is 23.9 Å². The van der Waals surface area contributed by atoms with Crippen molar-refractivity contribution < 1.29 is 8.78 Å². The number of benzene rings is 1. The summed E-state index contributed by atoms with van der Waals surface area (Å²) in [4.78, 5) is 9.23. The molecule has 6 heteroatoms. The number of rotatable bonds is 2. The summed E-state index contributed by atoms with van der Waals surface area (Å²) in [5, 5.41) is 8.73. The summed E-state index contributed by atoms with van der Waals surface area (Å²) >= 11 is 0. The number of nitriles is 1. The molecule has 0 N–H and O–H groups in total. The van der Waals surface area contributed by atoms with Gasteiger partial charge in [0.15, 0.2) is 11.6 Å². The monoisotopic (exact) mass is 246 g/mol. The van der Waals surface area contributed by atoms with E-state index in [1.807, 2.05) is 6.07 Å². The summed E-state index contributed by atoms with van der Waals surface area (Å²) in [6.07, 6.45) is 1.24. The van der Waals surface area contributed by atoms with Crippen LogP contribution in [0.25, 0.3) is 0 Å². The molecule has 2 rings (SSSR count). The fourth-order valence-corrected chi connectivity index (χ4v) is 1.42. The van der Waals surface area contributed by atoms with Gasteiger partial charge in [0.2, 0.25) is 0 Å². The summed E-state index contributed by atoms with van der Waals surface area (Å²) in [5.41, 5.74) is 0.630. The van der Waals surface area contributed by atoms with Gasteiger partial charge < -0.3 is 4.90 Å². The summed E-state index contributed by atoms with van der Waals surface area (Å²) in [6.45, 7) is 0. The highest BCUT2D eigenvalue weighted by Gasteiger charge is 2.09. The van der Waals surface area contributed by atoms with Crippen molar-refractivity contribution in [3.05, 3.63) is 47.9 Å². The molecule has 4 nitrogen and oxygen atoms in total. The van der Waals surface area contributed by atoms with Crippen LogP contribution in [0.1, 0.15) is 5.69 Å². The first-order valence-electron chi connectivity index (χ1n) is 5.02. The minimum Gasteiger partial charge on any atom is -0.329 e. The highest BCUT2D eigenvalue weighted by atomic mass is 19.2. The fourth-order valence-electron chi connectivity index (χ4n) is 1.42. The van der Waals surface area contributed by atoms with Crippen molar-refractivity contribution in [3.63, 3.8) is 0 Å². The molecule has 18 heavy (non-hydrogen) atoms. The first-order chi connectivity index (χ1) is 8.61. The molecular weight excluding hydrogens is 238 g/mol. The highest BCUT2D eigenvalue weighted by Crippen LogP contribution is 2.23. The van der Waals surface area contributed by atoms with E-state index in [4.69, 9.17) is 5.26 Å². The molecule has 0 saturated carbocycles. The zero-order valence-corrected chi connectivity index (χ0v) is 9.43. The normalized spacial score (nSPS) is 9.89. The van der Waals surface area contributed by atoms with Gasteiger partial charge in [-0.05, 0) is 12.1 Å². The van der Waals surface area contributed by atoms with Gasteiger partial charge in [-0.25, -0.2) is 18.7 Å². The minimum absolute atomic E-state index is 0.203. The quantitative estimate of drug-likeness (QED) is 0.816. The van der Waals surface area contributed by atoms with Crippen LogP contribution in [-0.4, -0.2) is 17.0 Å². The van der Waals surface area contributed by atoms with E-state index in [9.17, 15) is 8.78 Å². The number of nitrogens with zero attached hydrogens (tertiary/aromatic N) is 4. The van der Waals surface area contributed by atoms with E-state index < -0.39 is 11.6 Å². The molecule has 1 heterocycles. The first-order valence-corrected chi connectivity index (χ1v) is 5.02. The van der Waals surface area contributed by atoms with E-state index in [-0.39, 0.29) is 5.69 Å². The highest BCUT2D eigenvalue weighted by molar-refractivity contribution is 5.59. The van der Waals surface area contributed by atoms with Gasteiger partial charge in [0, 0.05) is 24.9 Å².